The van der Waals surface area contributed by atoms with E-state index in [9.17, 15) is 18.9 Å². The summed E-state index contributed by atoms with van der Waals surface area (Å²) in [6.07, 6.45) is 1.20. The quantitative estimate of drug-likeness (QED) is 0.572. The summed E-state index contributed by atoms with van der Waals surface area (Å²) in [6, 6.07) is 2.83. The highest BCUT2D eigenvalue weighted by Crippen LogP contribution is 2.15. The Morgan fingerprint density at radius 1 is 1.53 bits per heavy atom. The largest absolute Gasteiger partial charge is 0.259 e. The number of halogens is 2. The van der Waals surface area contributed by atoms with Crippen LogP contribution in [0.15, 0.2) is 23.9 Å². The van der Waals surface area contributed by atoms with E-state index in [0.29, 0.717) is 0 Å². The molecule has 0 unspecified atom stereocenters. The molecule has 0 atom stereocenters. The van der Waals surface area contributed by atoms with Crippen molar-refractivity contribution in [2.75, 3.05) is 0 Å². The second-order valence-electron chi connectivity index (χ2n) is 2.91. The summed E-state index contributed by atoms with van der Waals surface area (Å²) in [4.78, 5) is 9.85. The van der Waals surface area contributed by atoms with Gasteiger partial charge in [-0.05, 0) is 18.2 Å². The number of nitrogens with zero attached hydrogens (tertiary/aromatic N) is 1. The van der Waals surface area contributed by atoms with Crippen LogP contribution >= 0.6 is 0 Å². The van der Waals surface area contributed by atoms with Crippen molar-refractivity contribution in [2.24, 2.45) is 0 Å². The van der Waals surface area contributed by atoms with E-state index in [0.717, 1.165) is 24.3 Å². The van der Waals surface area contributed by atoms with Crippen LogP contribution in [0, 0.1) is 21.7 Å². The lowest BCUT2D eigenvalue weighted by Gasteiger charge is -1.98. The molecule has 0 aliphatic carbocycles. The standard InChI is InChI=1S/C10H9F2NO2/c1-2-9(13(14)15)6-7-5-8(11)3-4-10(7)12/h3-6H,2H2,1H3. The average Bonchev–Trinajstić information content (AvgIpc) is 2.18. The van der Waals surface area contributed by atoms with Gasteiger partial charge in [0, 0.05) is 18.1 Å². The molecule has 0 amide bonds. The van der Waals surface area contributed by atoms with E-state index in [1.165, 1.54) is 0 Å². The van der Waals surface area contributed by atoms with Gasteiger partial charge in [-0.15, -0.1) is 0 Å². The molecule has 0 heterocycles. The predicted molar refractivity (Wildman–Crippen MR) is 51.6 cm³/mol. The average molecular weight is 213 g/mol. The smallest absolute Gasteiger partial charge is 0.246 e. The Balaban J connectivity index is 3.16. The zero-order valence-corrected chi connectivity index (χ0v) is 8.04. The van der Waals surface area contributed by atoms with E-state index in [-0.39, 0.29) is 17.7 Å². The van der Waals surface area contributed by atoms with Gasteiger partial charge >= 0.3 is 0 Å². The first-order valence-electron chi connectivity index (χ1n) is 4.34. The van der Waals surface area contributed by atoms with Crippen LogP contribution in [0.5, 0.6) is 0 Å². The van der Waals surface area contributed by atoms with Gasteiger partial charge in [0.1, 0.15) is 11.6 Å². The molecule has 0 aromatic heterocycles. The Morgan fingerprint density at radius 2 is 2.20 bits per heavy atom. The minimum atomic E-state index is -0.677. The molecule has 80 valence electrons. The van der Waals surface area contributed by atoms with Crippen molar-refractivity contribution in [3.8, 4) is 0 Å². The summed E-state index contributed by atoms with van der Waals surface area (Å²) < 4.78 is 25.8. The fourth-order valence-electron chi connectivity index (χ4n) is 1.09. The number of nitro groups is 1. The zero-order valence-electron chi connectivity index (χ0n) is 8.04. The maximum atomic E-state index is 13.1. The Labute approximate surface area is 85.2 Å². The number of allylic oxidation sites excluding steroid dienone is 1. The Hall–Kier alpha value is -1.78. The Morgan fingerprint density at radius 3 is 2.73 bits per heavy atom. The third-order valence-corrected chi connectivity index (χ3v) is 1.88. The van der Waals surface area contributed by atoms with Crippen LogP contribution in [0.4, 0.5) is 8.78 Å². The fourth-order valence-corrected chi connectivity index (χ4v) is 1.09. The summed E-state index contributed by atoms with van der Waals surface area (Å²) in [7, 11) is 0. The van der Waals surface area contributed by atoms with Gasteiger partial charge in [0.25, 0.3) is 0 Å². The van der Waals surface area contributed by atoms with Gasteiger partial charge in [0.05, 0.1) is 4.92 Å². The topological polar surface area (TPSA) is 43.1 Å². The molecule has 0 saturated carbocycles. The molecule has 0 N–H and O–H groups in total. The molecule has 5 heteroatoms. The van der Waals surface area contributed by atoms with Crippen molar-refractivity contribution in [2.45, 2.75) is 13.3 Å². The van der Waals surface area contributed by atoms with Crippen LogP contribution in [-0.2, 0) is 0 Å². The summed E-state index contributed by atoms with van der Waals surface area (Å²) in [5, 5.41) is 10.5. The van der Waals surface area contributed by atoms with Crippen molar-refractivity contribution in [3.05, 3.63) is 51.2 Å². The first-order valence-corrected chi connectivity index (χ1v) is 4.34. The van der Waals surface area contributed by atoms with Gasteiger partial charge in [0.2, 0.25) is 5.70 Å². The van der Waals surface area contributed by atoms with Gasteiger partial charge in [0.15, 0.2) is 0 Å². The van der Waals surface area contributed by atoms with Crippen LogP contribution in [0.1, 0.15) is 18.9 Å². The van der Waals surface area contributed by atoms with Crippen molar-refractivity contribution in [3.63, 3.8) is 0 Å². The first-order chi connectivity index (χ1) is 7.04. The highest BCUT2D eigenvalue weighted by Gasteiger charge is 2.10. The van der Waals surface area contributed by atoms with E-state index in [1.54, 1.807) is 6.92 Å². The monoisotopic (exact) mass is 213 g/mol. The minimum absolute atomic E-state index is 0.108. The molecule has 0 aliphatic heterocycles. The lowest BCUT2D eigenvalue weighted by molar-refractivity contribution is -0.425. The second-order valence-corrected chi connectivity index (χ2v) is 2.91. The number of hydrogen-bond acceptors (Lipinski definition) is 2. The van der Waals surface area contributed by atoms with Gasteiger partial charge < -0.3 is 0 Å². The van der Waals surface area contributed by atoms with E-state index >= 15 is 0 Å². The van der Waals surface area contributed by atoms with Gasteiger partial charge in [-0.3, -0.25) is 10.1 Å². The van der Waals surface area contributed by atoms with E-state index < -0.39 is 16.6 Å². The lowest BCUT2D eigenvalue weighted by atomic mass is 10.1. The number of benzene rings is 1. The van der Waals surface area contributed by atoms with Crippen LogP contribution in [-0.4, -0.2) is 4.92 Å². The molecule has 3 nitrogen and oxygen atoms in total. The van der Waals surface area contributed by atoms with Crippen molar-refractivity contribution in [1.29, 1.82) is 0 Å². The third kappa shape index (κ3) is 2.83. The summed E-state index contributed by atoms with van der Waals surface area (Å²) in [5.74, 6) is -1.30. The van der Waals surface area contributed by atoms with E-state index in [2.05, 4.69) is 0 Å². The predicted octanol–water partition coefficient (Wildman–Crippen LogP) is 2.99. The molecule has 0 fully saturated rings. The molecule has 0 aliphatic rings. The number of rotatable bonds is 3. The SMILES string of the molecule is CCC(=Cc1cc(F)ccc1F)[N+](=O)[O-]. The summed E-state index contributed by atoms with van der Waals surface area (Å²) in [6.45, 7) is 1.58. The van der Waals surface area contributed by atoms with Crippen molar-refractivity contribution in [1.82, 2.24) is 0 Å². The molecule has 1 aromatic rings. The minimum Gasteiger partial charge on any atom is -0.259 e. The molecule has 0 saturated heterocycles. The molecule has 0 radical (unpaired) electrons. The molecule has 15 heavy (non-hydrogen) atoms. The Bertz CT molecular complexity index is 416. The van der Waals surface area contributed by atoms with Crippen molar-refractivity contribution >= 4 is 6.08 Å². The van der Waals surface area contributed by atoms with E-state index in [1.807, 2.05) is 0 Å². The Kier molecular flexibility index (Phi) is 3.49. The molecule has 1 rings (SSSR count). The van der Waals surface area contributed by atoms with Crippen LogP contribution in [0.25, 0.3) is 6.08 Å². The van der Waals surface area contributed by atoms with E-state index in [4.69, 9.17) is 0 Å². The first kappa shape index (κ1) is 11.3. The maximum absolute atomic E-state index is 13.1. The van der Waals surface area contributed by atoms with Gasteiger partial charge in [-0.25, -0.2) is 8.78 Å². The van der Waals surface area contributed by atoms with Crippen LogP contribution < -0.4 is 0 Å². The highest BCUT2D eigenvalue weighted by molar-refractivity contribution is 5.51. The van der Waals surface area contributed by atoms with Crippen LogP contribution in [0.3, 0.4) is 0 Å². The third-order valence-electron chi connectivity index (χ3n) is 1.88. The normalized spacial score (nSPS) is 11.5. The maximum Gasteiger partial charge on any atom is 0.246 e. The highest BCUT2D eigenvalue weighted by atomic mass is 19.1. The fraction of sp³-hybridized carbons (Fsp3) is 0.200. The molecule has 1 aromatic carbocycles. The van der Waals surface area contributed by atoms with Crippen LogP contribution in [0.2, 0.25) is 0 Å². The van der Waals surface area contributed by atoms with Crippen molar-refractivity contribution < 1.29 is 13.7 Å². The summed E-state index contributed by atoms with van der Waals surface area (Å²) >= 11 is 0. The van der Waals surface area contributed by atoms with Gasteiger partial charge in [-0.2, -0.15) is 0 Å². The molecular weight excluding hydrogens is 204 g/mol. The summed E-state index contributed by atoms with van der Waals surface area (Å²) in [5.41, 5.74) is -0.261. The lowest BCUT2D eigenvalue weighted by Crippen LogP contribution is -1.97. The second kappa shape index (κ2) is 4.63. The van der Waals surface area contributed by atoms with Gasteiger partial charge in [-0.1, -0.05) is 6.92 Å². The molecular formula is C10H9F2NO2. The number of hydrogen-bond donors (Lipinski definition) is 0. The molecule has 0 bridgehead atoms. The zero-order chi connectivity index (χ0) is 11.4. The molecule has 0 spiro atoms.